The summed E-state index contributed by atoms with van der Waals surface area (Å²) in [6, 6.07) is 0.616. The van der Waals surface area contributed by atoms with Gasteiger partial charge in [0, 0.05) is 37.9 Å². The summed E-state index contributed by atoms with van der Waals surface area (Å²) < 4.78 is 5.38. The Labute approximate surface area is 100 Å². The van der Waals surface area contributed by atoms with Crippen LogP contribution >= 0.6 is 0 Å². The summed E-state index contributed by atoms with van der Waals surface area (Å²) in [5, 5.41) is 7.10. The quantitative estimate of drug-likeness (QED) is 0.704. The zero-order valence-corrected chi connectivity index (χ0v) is 11.3. The molecule has 96 valence electrons. The van der Waals surface area contributed by atoms with E-state index in [1.54, 1.807) is 0 Å². The second kappa shape index (κ2) is 6.58. The fraction of sp³-hybridized carbons (Fsp3) is 1.00. The third-order valence-electron chi connectivity index (χ3n) is 3.22. The summed E-state index contributed by atoms with van der Waals surface area (Å²) in [4.78, 5) is 0. The van der Waals surface area contributed by atoms with Crippen molar-refractivity contribution in [3.63, 3.8) is 0 Å². The van der Waals surface area contributed by atoms with Crippen molar-refractivity contribution in [3.05, 3.63) is 0 Å². The Morgan fingerprint density at radius 2 is 1.81 bits per heavy atom. The van der Waals surface area contributed by atoms with Gasteiger partial charge in [-0.3, -0.25) is 0 Å². The van der Waals surface area contributed by atoms with E-state index in [9.17, 15) is 0 Å². The standard InChI is InChI=1S/C13H28N2O/c1-11(12-5-9-16-10-6-12)14-7-8-15-13(2,3)4/h11-12,14-15H,5-10H2,1-4H3. The van der Waals surface area contributed by atoms with Crippen LogP contribution in [0.3, 0.4) is 0 Å². The maximum absolute atomic E-state index is 5.38. The van der Waals surface area contributed by atoms with Gasteiger partial charge in [0.2, 0.25) is 0 Å². The first-order valence-electron chi connectivity index (χ1n) is 6.55. The molecule has 0 aromatic carbocycles. The average molecular weight is 228 g/mol. The van der Waals surface area contributed by atoms with Gasteiger partial charge in [-0.1, -0.05) is 0 Å². The van der Waals surface area contributed by atoms with Crippen LogP contribution in [-0.2, 0) is 4.74 Å². The van der Waals surface area contributed by atoms with E-state index in [-0.39, 0.29) is 5.54 Å². The Morgan fingerprint density at radius 1 is 1.19 bits per heavy atom. The molecule has 16 heavy (non-hydrogen) atoms. The molecule has 2 N–H and O–H groups in total. The minimum absolute atomic E-state index is 0.226. The van der Waals surface area contributed by atoms with Gasteiger partial charge in [0.15, 0.2) is 0 Å². The highest BCUT2D eigenvalue weighted by Gasteiger charge is 2.19. The largest absolute Gasteiger partial charge is 0.381 e. The highest BCUT2D eigenvalue weighted by Crippen LogP contribution is 2.18. The second-order valence-electron chi connectivity index (χ2n) is 5.87. The lowest BCUT2D eigenvalue weighted by Gasteiger charge is -2.29. The zero-order valence-electron chi connectivity index (χ0n) is 11.3. The van der Waals surface area contributed by atoms with Crippen molar-refractivity contribution in [3.8, 4) is 0 Å². The third kappa shape index (κ3) is 5.83. The average Bonchev–Trinajstić information content (AvgIpc) is 2.24. The van der Waals surface area contributed by atoms with Gasteiger partial charge in [0.05, 0.1) is 0 Å². The van der Waals surface area contributed by atoms with Crippen molar-refractivity contribution < 1.29 is 4.74 Å². The molecule has 1 atom stereocenters. The lowest BCUT2D eigenvalue weighted by atomic mass is 9.93. The molecule has 1 saturated heterocycles. The first kappa shape index (κ1) is 13.9. The van der Waals surface area contributed by atoms with E-state index in [1.165, 1.54) is 12.8 Å². The SMILES string of the molecule is CC(NCCNC(C)(C)C)C1CCOCC1. The first-order valence-corrected chi connectivity index (χ1v) is 6.55. The molecule has 0 radical (unpaired) electrons. The zero-order chi connectivity index (χ0) is 12.0. The number of rotatable bonds is 5. The Balaban J connectivity index is 2.07. The molecule has 1 aliphatic rings. The van der Waals surface area contributed by atoms with E-state index in [0.717, 1.165) is 32.2 Å². The predicted molar refractivity (Wildman–Crippen MR) is 68.8 cm³/mol. The molecule has 1 aliphatic heterocycles. The maximum Gasteiger partial charge on any atom is 0.0469 e. The highest BCUT2D eigenvalue weighted by atomic mass is 16.5. The van der Waals surface area contributed by atoms with Crippen LogP contribution in [0.15, 0.2) is 0 Å². The Morgan fingerprint density at radius 3 is 2.38 bits per heavy atom. The Hall–Kier alpha value is -0.120. The molecule has 1 heterocycles. The molecule has 3 heteroatoms. The van der Waals surface area contributed by atoms with Crippen molar-refractivity contribution in [1.29, 1.82) is 0 Å². The van der Waals surface area contributed by atoms with Gasteiger partial charge in [-0.2, -0.15) is 0 Å². The molecule has 0 aromatic heterocycles. The number of hydrogen-bond acceptors (Lipinski definition) is 3. The van der Waals surface area contributed by atoms with Gasteiger partial charge in [-0.05, 0) is 46.5 Å². The van der Waals surface area contributed by atoms with Crippen LogP contribution < -0.4 is 10.6 Å². The van der Waals surface area contributed by atoms with Crippen molar-refractivity contribution in [2.75, 3.05) is 26.3 Å². The molecule has 1 unspecified atom stereocenters. The van der Waals surface area contributed by atoms with Gasteiger partial charge in [-0.25, -0.2) is 0 Å². The lowest BCUT2D eigenvalue weighted by Crippen LogP contribution is -2.44. The summed E-state index contributed by atoms with van der Waals surface area (Å²) >= 11 is 0. The van der Waals surface area contributed by atoms with Crippen molar-refractivity contribution in [2.45, 2.75) is 52.1 Å². The molecule has 1 rings (SSSR count). The maximum atomic E-state index is 5.38. The monoisotopic (exact) mass is 228 g/mol. The van der Waals surface area contributed by atoms with Crippen LogP contribution in [0.5, 0.6) is 0 Å². The molecule has 0 aliphatic carbocycles. The van der Waals surface area contributed by atoms with Crippen molar-refractivity contribution in [1.82, 2.24) is 10.6 Å². The van der Waals surface area contributed by atoms with Gasteiger partial charge < -0.3 is 15.4 Å². The normalized spacial score (nSPS) is 21.0. The minimum Gasteiger partial charge on any atom is -0.381 e. The predicted octanol–water partition coefficient (Wildman–Crippen LogP) is 1.78. The molecular weight excluding hydrogens is 200 g/mol. The van der Waals surface area contributed by atoms with Crippen LogP contribution in [-0.4, -0.2) is 37.9 Å². The van der Waals surface area contributed by atoms with E-state index in [0.29, 0.717) is 6.04 Å². The van der Waals surface area contributed by atoms with E-state index in [4.69, 9.17) is 4.74 Å². The molecule has 0 aromatic rings. The summed E-state index contributed by atoms with van der Waals surface area (Å²) in [6.45, 7) is 12.9. The van der Waals surface area contributed by atoms with Crippen molar-refractivity contribution in [2.24, 2.45) is 5.92 Å². The van der Waals surface area contributed by atoms with Crippen LogP contribution in [0.4, 0.5) is 0 Å². The molecule has 0 amide bonds. The van der Waals surface area contributed by atoms with Crippen LogP contribution in [0.2, 0.25) is 0 Å². The molecule has 3 nitrogen and oxygen atoms in total. The van der Waals surface area contributed by atoms with Gasteiger partial charge in [0.1, 0.15) is 0 Å². The van der Waals surface area contributed by atoms with Crippen LogP contribution in [0.25, 0.3) is 0 Å². The fourth-order valence-electron chi connectivity index (χ4n) is 2.12. The van der Waals surface area contributed by atoms with Crippen LogP contribution in [0, 0.1) is 5.92 Å². The molecule has 1 fully saturated rings. The van der Waals surface area contributed by atoms with Crippen molar-refractivity contribution >= 4 is 0 Å². The van der Waals surface area contributed by atoms with E-state index in [2.05, 4.69) is 38.3 Å². The summed E-state index contributed by atoms with van der Waals surface area (Å²) in [7, 11) is 0. The van der Waals surface area contributed by atoms with Gasteiger partial charge in [0.25, 0.3) is 0 Å². The van der Waals surface area contributed by atoms with Gasteiger partial charge in [-0.15, -0.1) is 0 Å². The molecule has 0 spiro atoms. The molecule has 0 saturated carbocycles. The van der Waals surface area contributed by atoms with Crippen LogP contribution in [0.1, 0.15) is 40.5 Å². The second-order valence-corrected chi connectivity index (χ2v) is 5.87. The Bertz CT molecular complexity index is 183. The van der Waals surface area contributed by atoms with E-state index < -0.39 is 0 Å². The first-order chi connectivity index (χ1) is 7.49. The number of hydrogen-bond donors (Lipinski definition) is 2. The highest BCUT2D eigenvalue weighted by molar-refractivity contribution is 4.76. The summed E-state index contributed by atoms with van der Waals surface area (Å²) in [6.07, 6.45) is 2.42. The van der Waals surface area contributed by atoms with E-state index >= 15 is 0 Å². The number of nitrogens with one attached hydrogen (secondary N) is 2. The topological polar surface area (TPSA) is 33.3 Å². The van der Waals surface area contributed by atoms with E-state index in [1.807, 2.05) is 0 Å². The lowest BCUT2D eigenvalue weighted by molar-refractivity contribution is 0.0560. The minimum atomic E-state index is 0.226. The fourth-order valence-corrected chi connectivity index (χ4v) is 2.12. The Kier molecular flexibility index (Phi) is 5.73. The summed E-state index contributed by atoms with van der Waals surface area (Å²) in [5.41, 5.74) is 0.226. The van der Waals surface area contributed by atoms with Gasteiger partial charge >= 0.3 is 0 Å². The molecule has 0 bridgehead atoms. The third-order valence-corrected chi connectivity index (χ3v) is 3.22. The molecular formula is C13H28N2O. The summed E-state index contributed by atoms with van der Waals surface area (Å²) in [5.74, 6) is 0.795. The smallest absolute Gasteiger partial charge is 0.0469 e. The number of ether oxygens (including phenoxy) is 1.